The molecule has 0 aromatic heterocycles. The molecule has 0 radical (unpaired) electrons. The van der Waals surface area contributed by atoms with Gasteiger partial charge in [0, 0.05) is 16.1 Å². The number of rotatable bonds is 3. The Morgan fingerprint density at radius 1 is 0.714 bits per heavy atom. The second-order valence-electron chi connectivity index (χ2n) is 5.03. The molecule has 0 bridgehead atoms. The van der Waals surface area contributed by atoms with E-state index in [0.717, 1.165) is 15.7 Å². The monoisotopic (exact) mass is 337 g/mol. The van der Waals surface area contributed by atoms with Gasteiger partial charge >= 0.3 is 0 Å². The zero-order valence-electron chi connectivity index (χ0n) is 11.5. The van der Waals surface area contributed by atoms with Crippen LogP contribution >= 0.6 is 15.9 Å². The second kappa shape index (κ2) is 6.15. The van der Waals surface area contributed by atoms with Crippen molar-refractivity contribution in [3.8, 4) is 0 Å². The maximum Gasteiger partial charge on any atom is 0.0360 e. The molecule has 2 heteroatoms. The Bertz CT molecular complexity index is 684. The molecule has 0 atom stereocenters. The fraction of sp³-hybridized carbons (Fsp3) is 0.0526. The van der Waals surface area contributed by atoms with Crippen LogP contribution in [0.15, 0.2) is 83.3 Å². The first-order valence-corrected chi connectivity index (χ1v) is 7.70. The van der Waals surface area contributed by atoms with Gasteiger partial charge < -0.3 is 5.73 Å². The number of nitrogen functional groups attached to an aromatic ring is 1. The van der Waals surface area contributed by atoms with Crippen LogP contribution in [-0.4, -0.2) is 0 Å². The summed E-state index contributed by atoms with van der Waals surface area (Å²) in [5.41, 5.74) is 10.7. The lowest BCUT2D eigenvalue weighted by molar-refractivity contribution is 0.979. The van der Waals surface area contributed by atoms with Crippen molar-refractivity contribution in [1.29, 1.82) is 0 Å². The van der Waals surface area contributed by atoms with Crippen LogP contribution in [0.4, 0.5) is 5.69 Å². The Labute approximate surface area is 133 Å². The molecule has 0 saturated heterocycles. The van der Waals surface area contributed by atoms with Crippen LogP contribution in [0.2, 0.25) is 0 Å². The highest BCUT2D eigenvalue weighted by Gasteiger charge is 2.18. The fourth-order valence-electron chi connectivity index (χ4n) is 2.64. The summed E-state index contributed by atoms with van der Waals surface area (Å²) in [5.74, 6) is 0.143. The SMILES string of the molecule is Nc1ccc(Br)cc1C(c1ccccc1)c1ccccc1. The minimum absolute atomic E-state index is 0.143. The van der Waals surface area contributed by atoms with E-state index in [1.807, 2.05) is 24.3 Å². The number of hydrogen-bond donors (Lipinski definition) is 1. The Morgan fingerprint density at radius 2 is 1.24 bits per heavy atom. The average molecular weight is 338 g/mol. The number of nitrogens with two attached hydrogens (primary N) is 1. The number of benzene rings is 3. The lowest BCUT2D eigenvalue weighted by Gasteiger charge is -2.20. The van der Waals surface area contributed by atoms with E-state index in [9.17, 15) is 0 Å². The largest absolute Gasteiger partial charge is 0.398 e. The van der Waals surface area contributed by atoms with E-state index in [2.05, 4.69) is 70.5 Å². The molecule has 3 aromatic carbocycles. The van der Waals surface area contributed by atoms with Crippen molar-refractivity contribution in [2.24, 2.45) is 0 Å². The Kier molecular flexibility index (Phi) is 4.07. The van der Waals surface area contributed by atoms with Gasteiger partial charge in [0.2, 0.25) is 0 Å². The van der Waals surface area contributed by atoms with Gasteiger partial charge in [0.25, 0.3) is 0 Å². The standard InChI is InChI=1S/C19H16BrN/c20-16-11-12-18(21)17(13-16)19(14-7-3-1-4-8-14)15-9-5-2-6-10-15/h1-13,19H,21H2. The van der Waals surface area contributed by atoms with Gasteiger partial charge in [0.1, 0.15) is 0 Å². The van der Waals surface area contributed by atoms with Crippen LogP contribution in [0.3, 0.4) is 0 Å². The van der Waals surface area contributed by atoms with Crippen molar-refractivity contribution in [2.75, 3.05) is 5.73 Å². The average Bonchev–Trinajstić information content (AvgIpc) is 2.53. The molecule has 0 heterocycles. The molecule has 0 aliphatic carbocycles. The summed E-state index contributed by atoms with van der Waals surface area (Å²) in [7, 11) is 0. The predicted molar refractivity (Wildman–Crippen MR) is 92.4 cm³/mol. The lowest BCUT2D eigenvalue weighted by atomic mass is 9.84. The summed E-state index contributed by atoms with van der Waals surface area (Å²) in [6.07, 6.45) is 0. The van der Waals surface area contributed by atoms with Gasteiger partial charge in [-0.25, -0.2) is 0 Å². The molecule has 3 rings (SSSR count). The molecule has 2 N–H and O–H groups in total. The van der Waals surface area contributed by atoms with Crippen molar-refractivity contribution < 1.29 is 0 Å². The van der Waals surface area contributed by atoms with Crippen LogP contribution in [0, 0.1) is 0 Å². The van der Waals surface area contributed by atoms with Crippen molar-refractivity contribution >= 4 is 21.6 Å². The highest BCUT2D eigenvalue weighted by atomic mass is 79.9. The summed E-state index contributed by atoms with van der Waals surface area (Å²) in [6, 6.07) is 27.0. The van der Waals surface area contributed by atoms with Gasteiger partial charge in [-0.05, 0) is 34.9 Å². The third kappa shape index (κ3) is 3.01. The molecule has 21 heavy (non-hydrogen) atoms. The maximum atomic E-state index is 6.24. The van der Waals surface area contributed by atoms with E-state index >= 15 is 0 Å². The first kappa shape index (κ1) is 13.9. The molecular formula is C19H16BrN. The minimum atomic E-state index is 0.143. The maximum absolute atomic E-state index is 6.24. The predicted octanol–water partition coefficient (Wildman–Crippen LogP) is 5.21. The van der Waals surface area contributed by atoms with Crippen molar-refractivity contribution in [3.05, 3.63) is 100 Å². The summed E-state index contributed by atoms with van der Waals surface area (Å²) >= 11 is 3.55. The molecular weight excluding hydrogens is 322 g/mol. The Balaban J connectivity index is 2.20. The zero-order chi connectivity index (χ0) is 14.7. The molecule has 1 nitrogen and oxygen atoms in total. The van der Waals surface area contributed by atoms with E-state index in [1.54, 1.807) is 0 Å². The van der Waals surface area contributed by atoms with E-state index in [0.29, 0.717) is 0 Å². The second-order valence-corrected chi connectivity index (χ2v) is 5.94. The van der Waals surface area contributed by atoms with Gasteiger partial charge in [-0.3, -0.25) is 0 Å². The van der Waals surface area contributed by atoms with Crippen molar-refractivity contribution in [1.82, 2.24) is 0 Å². The molecule has 104 valence electrons. The van der Waals surface area contributed by atoms with E-state index in [4.69, 9.17) is 5.73 Å². The molecule has 0 fully saturated rings. The minimum Gasteiger partial charge on any atom is -0.398 e. The van der Waals surface area contributed by atoms with Crippen molar-refractivity contribution in [3.63, 3.8) is 0 Å². The summed E-state index contributed by atoms with van der Waals surface area (Å²) < 4.78 is 1.04. The molecule has 0 aliphatic rings. The normalized spacial score (nSPS) is 10.8. The van der Waals surface area contributed by atoms with E-state index in [1.165, 1.54) is 11.1 Å². The molecule has 0 amide bonds. The molecule has 0 aliphatic heterocycles. The summed E-state index contributed by atoms with van der Waals surface area (Å²) in [4.78, 5) is 0. The number of anilines is 1. The van der Waals surface area contributed by atoms with Gasteiger partial charge in [-0.2, -0.15) is 0 Å². The first-order valence-electron chi connectivity index (χ1n) is 6.90. The third-order valence-electron chi connectivity index (χ3n) is 3.63. The van der Waals surface area contributed by atoms with E-state index < -0.39 is 0 Å². The zero-order valence-corrected chi connectivity index (χ0v) is 13.1. The first-order chi connectivity index (χ1) is 10.3. The van der Waals surface area contributed by atoms with Crippen LogP contribution in [0.1, 0.15) is 22.6 Å². The van der Waals surface area contributed by atoms with Crippen LogP contribution in [-0.2, 0) is 0 Å². The number of hydrogen-bond acceptors (Lipinski definition) is 1. The molecule has 0 saturated carbocycles. The van der Waals surface area contributed by atoms with Crippen LogP contribution < -0.4 is 5.73 Å². The van der Waals surface area contributed by atoms with E-state index in [-0.39, 0.29) is 5.92 Å². The molecule has 3 aromatic rings. The highest BCUT2D eigenvalue weighted by Crippen LogP contribution is 2.36. The van der Waals surface area contributed by atoms with Gasteiger partial charge in [-0.1, -0.05) is 76.6 Å². The quantitative estimate of drug-likeness (QED) is 0.515. The molecule has 0 unspecified atom stereocenters. The smallest absolute Gasteiger partial charge is 0.0360 e. The van der Waals surface area contributed by atoms with Crippen molar-refractivity contribution in [2.45, 2.75) is 5.92 Å². The van der Waals surface area contributed by atoms with Gasteiger partial charge in [0.15, 0.2) is 0 Å². The third-order valence-corrected chi connectivity index (χ3v) is 4.12. The Hall–Kier alpha value is -2.06. The Morgan fingerprint density at radius 3 is 1.76 bits per heavy atom. The van der Waals surface area contributed by atoms with Gasteiger partial charge in [0.05, 0.1) is 0 Å². The number of halogens is 1. The fourth-order valence-corrected chi connectivity index (χ4v) is 3.02. The van der Waals surface area contributed by atoms with Gasteiger partial charge in [-0.15, -0.1) is 0 Å². The van der Waals surface area contributed by atoms with Crippen LogP contribution in [0.5, 0.6) is 0 Å². The molecule has 0 spiro atoms. The summed E-state index contributed by atoms with van der Waals surface area (Å²) in [6.45, 7) is 0. The topological polar surface area (TPSA) is 26.0 Å². The van der Waals surface area contributed by atoms with Crippen LogP contribution in [0.25, 0.3) is 0 Å². The summed E-state index contributed by atoms with van der Waals surface area (Å²) in [5, 5.41) is 0. The lowest BCUT2D eigenvalue weighted by Crippen LogP contribution is -2.06. The highest BCUT2D eigenvalue weighted by molar-refractivity contribution is 9.10.